The lowest BCUT2D eigenvalue weighted by Gasteiger charge is -2.23. The Balaban J connectivity index is 1.38. The van der Waals surface area contributed by atoms with E-state index in [1.54, 1.807) is 0 Å². The molecule has 1 amide bonds. The predicted octanol–water partition coefficient (Wildman–Crippen LogP) is 6.93. The maximum Gasteiger partial charge on any atom is 0.272 e. The second kappa shape index (κ2) is 11.3. The van der Waals surface area contributed by atoms with E-state index in [1.165, 1.54) is 0 Å². The monoisotopic (exact) mass is 532 g/mol. The molecule has 0 radical (unpaired) electrons. The summed E-state index contributed by atoms with van der Waals surface area (Å²) in [4.78, 5) is 16.3. The lowest BCUT2D eigenvalue weighted by Crippen LogP contribution is -2.26. The number of fused-ring (bicyclic) bond motifs is 2. The van der Waals surface area contributed by atoms with Gasteiger partial charge in [0.15, 0.2) is 5.69 Å². The summed E-state index contributed by atoms with van der Waals surface area (Å²) in [5.74, 6) is 0.158. The minimum atomic E-state index is -0.193. The number of azide groups is 1. The number of carbonyl (C=O) groups is 1. The van der Waals surface area contributed by atoms with Crippen molar-refractivity contribution in [2.24, 2.45) is 11.0 Å². The fraction of sp³-hybridized carbons (Fsp3) is 0.286. The van der Waals surface area contributed by atoms with Crippen LogP contribution in [0.2, 0.25) is 10.0 Å². The van der Waals surface area contributed by atoms with E-state index < -0.39 is 0 Å². The molecule has 0 spiro atoms. The molecule has 1 atom stereocenters. The van der Waals surface area contributed by atoms with Crippen LogP contribution in [0.3, 0.4) is 0 Å². The van der Waals surface area contributed by atoms with Gasteiger partial charge in [-0.15, -0.1) is 0 Å². The minimum Gasteiger partial charge on any atom is -0.347 e. The topological polar surface area (TPSA) is 95.7 Å². The maximum atomic E-state index is 13.4. The number of rotatable bonds is 8. The molecule has 188 valence electrons. The van der Waals surface area contributed by atoms with Crippen molar-refractivity contribution < 1.29 is 4.79 Å². The third-order valence-corrected chi connectivity index (χ3v) is 7.71. The van der Waals surface area contributed by atoms with E-state index in [0.717, 1.165) is 58.8 Å². The zero-order chi connectivity index (χ0) is 25.8. The molecule has 37 heavy (non-hydrogen) atoms. The Morgan fingerprint density at radius 2 is 1.97 bits per heavy atom. The van der Waals surface area contributed by atoms with Crippen molar-refractivity contribution in [2.45, 2.75) is 38.8 Å². The molecule has 9 heteroatoms. The summed E-state index contributed by atoms with van der Waals surface area (Å²) < 4.78 is 1.84. The number of benzene rings is 3. The molecule has 0 aliphatic heterocycles. The number of aromatic nitrogens is 2. The van der Waals surface area contributed by atoms with Crippen LogP contribution in [0.5, 0.6) is 0 Å². The van der Waals surface area contributed by atoms with Crippen LogP contribution in [0.4, 0.5) is 0 Å². The van der Waals surface area contributed by atoms with Crippen LogP contribution in [-0.4, -0.2) is 22.2 Å². The largest absolute Gasteiger partial charge is 0.347 e. The quantitative estimate of drug-likeness (QED) is 0.151. The molecular formula is C28H26Cl2N6O. The number of nitrogens with zero attached hydrogens (tertiary/aromatic N) is 5. The van der Waals surface area contributed by atoms with E-state index in [9.17, 15) is 4.79 Å². The van der Waals surface area contributed by atoms with Gasteiger partial charge < -0.3 is 5.32 Å². The van der Waals surface area contributed by atoms with Crippen molar-refractivity contribution in [3.05, 3.63) is 109 Å². The zero-order valence-electron chi connectivity index (χ0n) is 20.2. The van der Waals surface area contributed by atoms with Crippen molar-refractivity contribution in [1.82, 2.24) is 15.1 Å². The van der Waals surface area contributed by atoms with Gasteiger partial charge in [-0.2, -0.15) is 5.10 Å². The van der Waals surface area contributed by atoms with Crippen LogP contribution in [-0.2, 0) is 32.4 Å². The molecule has 5 rings (SSSR count). The molecule has 1 aromatic heterocycles. The van der Waals surface area contributed by atoms with Gasteiger partial charge in [0.25, 0.3) is 5.91 Å². The highest BCUT2D eigenvalue weighted by Crippen LogP contribution is 2.32. The van der Waals surface area contributed by atoms with Gasteiger partial charge >= 0.3 is 0 Å². The van der Waals surface area contributed by atoms with Crippen LogP contribution in [0.25, 0.3) is 21.2 Å². The van der Waals surface area contributed by atoms with Crippen LogP contribution >= 0.6 is 23.2 Å². The fourth-order valence-corrected chi connectivity index (χ4v) is 5.51. The number of hydrogen-bond acceptors (Lipinski definition) is 3. The molecule has 4 aromatic rings. The molecule has 3 aromatic carbocycles. The van der Waals surface area contributed by atoms with Gasteiger partial charge in [-0.1, -0.05) is 76.8 Å². The van der Waals surface area contributed by atoms with E-state index in [1.807, 2.05) is 47.1 Å². The van der Waals surface area contributed by atoms with Crippen LogP contribution in [0, 0.1) is 5.92 Å². The first-order valence-electron chi connectivity index (χ1n) is 12.3. The summed E-state index contributed by atoms with van der Waals surface area (Å²) >= 11 is 12.3. The van der Waals surface area contributed by atoms with Crippen molar-refractivity contribution in [3.63, 3.8) is 0 Å². The van der Waals surface area contributed by atoms with E-state index in [0.29, 0.717) is 34.7 Å². The lowest BCUT2D eigenvalue weighted by atomic mass is 9.82. The highest BCUT2D eigenvalue weighted by molar-refractivity contribution is 6.42. The Morgan fingerprint density at radius 3 is 2.81 bits per heavy atom. The Kier molecular flexibility index (Phi) is 7.65. The first-order chi connectivity index (χ1) is 18.0. The highest BCUT2D eigenvalue weighted by atomic mass is 35.5. The SMILES string of the molecule is [N-]=[N+]=NCCn1nc(C(=O)NCc2cccc3ccccc23)c2c1CCC(Cc1ccc(Cl)c(Cl)c1)C2. The van der Waals surface area contributed by atoms with Gasteiger partial charge in [-0.05, 0) is 71.2 Å². The summed E-state index contributed by atoms with van der Waals surface area (Å²) in [6.07, 6.45) is 3.37. The number of hydrogen-bond donors (Lipinski definition) is 1. The standard InChI is InChI=1S/C28H26Cl2N6O/c29-24-10-8-19(16-25(24)30)14-18-9-11-26-23(15-18)27(34-36(26)13-12-33-35-31)28(37)32-17-21-6-3-5-20-4-1-2-7-22(20)21/h1-8,10,16,18H,9,11-15,17H2,(H,32,37). The highest BCUT2D eigenvalue weighted by Gasteiger charge is 2.29. The molecule has 7 nitrogen and oxygen atoms in total. The summed E-state index contributed by atoms with van der Waals surface area (Å²) in [5, 5.41) is 14.8. The second-order valence-corrected chi connectivity index (χ2v) is 10.1. The van der Waals surface area contributed by atoms with Gasteiger partial charge in [-0.25, -0.2) is 0 Å². The molecule has 0 saturated carbocycles. The van der Waals surface area contributed by atoms with Gasteiger partial charge in [0.1, 0.15) is 0 Å². The summed E-state index contributed by atoms with van der Waals surface area (Å²) in [6.45, 7) is 1.14. The molecular weight excluding hydrogens is 507 g/mol. The molecule has 0 saturated heterocycles. The predicted molar refractivity (Wildman–Crippen MR) is 147 cm³/mol. The lowest BCUT2D eigenvalue weighted by molar-refractivity contribution is 0.0944. The van der Waals surface area contributed by atoms with E-state index in [-0.39, 0.29) is 12.5 Å². The van der Waals surface area contributed by atoms with Gasteiger partial charge in [0.05, 0.1) is 10.0 Å². The number of nitrogens with one attached hydrogen (secondary N) is 1. The smallest absolute Gasteiger partial charge is 0.272 e. The first kappa shape index (κ1) is 25.2. The summed E-state index contributed by atoms with van der Waals surface area (Å²) in [7, 11) is 0. The van der Waals surface area contributed by atoms with Gasteiger partial charge in [0.2, 0.25) is 0 Å². The van der Waals surface area contributed by atoms with Crippen molar-refractivity contribution in [3.8, 4) is 0 Å². The zero-order valence-corrected chi connectivity index (χ0v) is 21.7. The van der Waals surface area contributed by atoms with Gasteiger partial charge in [-0.3, -0.25) is 9.48 Å². The molecule has 0 bridgehead atoms. The van der Waals surface area contributed by atoms with E-state index >= 15 is 0 Å². The first-order valence-corrected chi connectivity index (χ1v) is 13.1. The molecule has 1 N–H and O–H groups in total. The Bertz CT molecular complexity index is 1500. The average molecular weight is 533 g/mol. The molecule has 1 aliphatic rings. The van der Waals surface area contributed by atoms with Crippen molar-refractivity contribution in [1.29, 1.82) is 0 Å². The Labute approximate surface area is 225 Å². The summed E-state index contributed by atoms with van der Waals surface area (Å²) in [6, 6.07) is 20.0. The molecule has 1 aliphatic carbocycles. The van der Waals surface area contributed by atoms with Crippen molar-refractivity contribution >= 4 is 39.9 Å². The van der Waals surface area contributed by atoms with E-state index in [2.05, 4.69) is 38.6 Å². The van der Waals surface area contributed by atoms with Crippen LogP contribution in [0.1, 0.15) is 39.3 Å². The average Bonchev–Trinajstić information content (AvgIpc) is 3.27. The summed E-state index contributed by atoms with van der Waals surface area (Å²) in [5.41, 5.74) is 13.4. The number of halogens is 2. The molecule has 1 unspecified atom stereocenters. The van der Waals surface area contributed by atoms with Crippen molar-refractivity contribution in [2.75, 3.05) is 6.54 Å². The maximum absolute atomic E-state index is 13.4. The fourth-order valence-electron chi connectivity index (χ4n) is 5.19. The minimum absolute atomic E-state index is 0.193. The third kappa shape index (κ3) is 5.59. The molecule has 1 heterocycles. The van der Waals surface area contributed by atoms with Crippen LogP contribution in [0.15, 0.2) is 65.8 Å². The number of carbonyl (C=O) groups excluding carboxylic acids is 1. The molecule has 0 fully saturated rings. The third-order valence-electron chi connectivity index (χ3n) is 6.97. The van der Waals surface area contributed by atoms with E-state index in [4.69, 9.17) is 28.7 Å². The normalized spacial score (nSPS) is 14.7. The Morgan fingerprint density at radius 1 is 1.14 bits per heavy atom. The second-order valence-electron chi connectivity index (χ2n) is 9.33. The Hall–Kier alpha value is -3.51. The van der Waals surface area contributed by atoms with Crippen LogP contribution < -0.4 is 5.32 Å². The number of amides is 1. The van der Waals surface area contributed by atoms with Gasteiger partial charge in [0, 0.05) is 35.8 Å².